The molecule has 0 unspecified atom stereocenters. The van der Waals surface area contributed by atoms with Gasteiger partial charge in [0.15, 0.2) is 5.69 Å². The second-order valence-electron chi connectivity index (χ2n) is 4.99. The Morgan fingerprint density at radius 1 is 1.13 bits per heavy atom. The smallest absolute Gasteiger partial charge is 0.247 e. The summed E-state index contributed by atoms with van der Waals surface area (Å²) in [6, 6.07) is 14.9. The summed E-state index contributed by atoms with van der Waals surface area (Å²) in [5.74, 6) is -0.151. The van der Waals surface area contributed by atoms with E-state index in [4.69, 9.17) is 5.41 Å². The van der Waals surface area contributed by atoms with E-state index in [-0.39, 0.29) is 11.8 Å². The number of benzene rings is 2. The highest BCUT2D eigenvalue weighted by Crippen LogP contribution is 2.35. The Labute approximate surface area is 130 Å². The maximum Gasteiger partial charge on any atom is 0.247 e. The molecule has 0 aliphatic carbocycles. The molecule has 7 heteroatoms. The molecule has 112 valence electrons. The molecule has 0 saturated heterocycles. The molecule has 0 saturated carbocycles. The Hall–Kier alpha value is -3.48. The summed E-state index contributed by atoms with van der Waals surface area (Å²) in [5, 5.41) is 26.7. The van der Waals surface area contributed by atoms with Crippen LogP contribution in [0.15, 0.2) is 65.1 Å². The molecular formula is C16H12N6O. The van der Waals surface area contributed by atoms with Crippen molar-refractivity contribution in [3.8, 4) is 5.88 Å². The van der Waals surface area contributed by atoms with Crippen molar-refractivity contribution in [3.05, 3.63) is 54.9 Å². The molecule has 4 aromatic rings. The molecule has 7 nitrogen and oxygen atoms in total. The first-order valence-electron chi connectivity index (χ1n) is 6.96. The fraction of sp³-hybridized carbons (Fsp3) is 0. The number of fused-ring (bicyclic) bond motifs is 2. The molecule has 0 bridgehead atoms. The molecule has 3 N–H and O–H groups in total. The number of hydrogen-bond donors (Lipinski definition) is 3. The molecule has 4 rings (SSSR count). The fourth-order valence-electron chi connectivity index (χ4n) is 2.49. The fourth-order valence-corrected chi connectivity index (χ4v) is 2.49. The molecule has 2 aromatic heterocycles. The van der Waals surface area contributed by atoms with Gasteiger partial charge < -0.3 is 10.1 Å². The number of H-pyrrole nitrogens is 1. The third kappa shape index (κ3) is 2.15. The first-order valence-corrected chi connectivity index (χ1v) is 6.96. The van der Waals surface area contributed by atoms with Gasteiger partial charge >= 0.3 is 0 Å². The van der Waals surface area contributed by atoms with E-state index in [9.17, 15) is 5.11 Å². The van der Waals surface area contributed by atoms with Gasteiger partial charge in [-0.15, -0.1) is 10.2 Å². The van der Waals surface area contributed by atoms with Crippen molar-refractivity contribution in [1.82, 2.24) is 14.5 Å². The molecular weight excluding hydrogens is 292 g/mol. The average Bonchev–Trinajstić information content (AvgIpc) is 3.13. The van der Waals surface area contributed by atoms with Crippen LogP contribution in [-0.4, -0.2) is 25.6 Å². The van der Waals surface area contributed by atoms with Gasteiger partial charge in [-0.05, 0) is 18.2 Å². The monoisotopic (exact) mass is 304 g/mol. The third-order valence-corrected chi connectivity index (χ3v) is 3.59. The Morgan fingerprint density at radius 2 is 1.91 bits per heavy atom. The summed E-state index contributed by atoms with van der Waals surface area (Å²) in [7, 11) is 0. The SMILES string of the molecule is N=C(N=Nc1c(O)[nH]c2ccccc12)n1cnc2ccccc21. The van der Waals surface area contributed by atoms with Crippen molar-refractivity contribution in [2.24, 2.45) is 10.2 Å². The van der Waals surface area contributed by atoms with E-state index >= 15 is 0 Å². The van der Waals surface area contributed by atoms with E-state index in [1.807, 2.05) is 48.5 Å². The minimum absolute atomic E-state index is 0.0711. The Morgan fingerprint density at radius 3 is 2.83 bits per heavy atom. The quantitative estimate of drug-likeness (QED) is 0.283. The zero-order valence-electron chi connectivity index (χ0n) is 11.9. The highest BCUT2D eigenvalue weighted by Gasteiger charge is 2.10. The van der Waals surface area contributed by atoms with Gasteiger partial charge in [0.1, 0.15) is 6.33 Å². The van der Waals surface area contributed by atoms with E-state index in [1.54, 1.807) is 0 Å². The van der Waals surface area contributed by atoms with Crippen LogP contribution >= 0.6 is 0 Å². The maximum atomic E-state index is 9.95. The molecule has 0 atom stereocenters. The van der Waals surface area contributed by atoms with Crippen molar-refractivity contribution < 1.29 is 5.11 Å². The number of para-hydroxylation sites is 3. The summed E-state index contributed by atoms with van der Waals surface area (Å²) in [6.45, 7) is 0. The van der Waals surface area contributed by atoms with E-state index < -0.39 is 0 Å². The van der Waals surface area contributed by atoms with Gasteiger partial charge in [-0.1, -0.05) is 30.3 Å². The number of imidazole rings is 1. The van der Waals surface area contributed by atoms with Crippen LogP contribution < -0.4 is 0 Å². The van der Waals surface area contributed by atoms with E-state index in [1.165, 1.54) is 10.9 Å². The lowest BCUT2D eigenvalue weighted by Crippen LogP contribution is -2.04. The molecule has 0 spiro atoms. The van der Waals surface area contributed by atoms with Crippen LogP contribution in [-0.2, 0) is 0 Å². The van der Waals surface area contributed by atoms with Crippen LogP contribution in [0.25, 0.3) is 21.9 Å². The first kappa shape index (κ1) is 13.2. The summed E-state index contributed by atoms with van der Waals surface area (Å²) < 4.78 is 1.53. The van der Waals surface area contributed by atoms with Gasteiger partial charge in [0.2, 0.25) is 11.8 Å². The molecule has 0 amide bonds. The summed E-state index contributed by atoms with van der Waals surface area (Å²) in [5.41, 5.74) is 2.63. The number of hydrogen-bond acceptors (Lipinski definition) is 4. The van der Waals surface area contributed by atoms with Crippen LogP contribution in [0.4, 0.5) is 5.69 Å². The zero-order chi connectivity index (χ0) is 15.8. The lowest BCUT2D eigenvalue weighted by Gasteiger charge is -1.99. The number of aromatic hydroxyl groups is 1. The number of rotatable bonds is 1. The van der Waals surface area contributed by atoms with Crippen LogP contribution in [0.3, 0.4) is 0 Å². The third-order valence-electron chi connectivity index (χ3n) is 3.59. The van der Waals surface area contributed by atoms with Crippen LogP contribution in [0, 0.1) is 5.41 Å². The highest BCUT2D eigenvalue weighted by atomic mass is 16.3. The molecule has 23 heavy (non-hydrogen) atoms. The summed E-state index contributed by atoms with van der Waals surface area (Å²) >= 11 is 0. The molecule has 2 aromatic carbocycles. The van der Waals surface area contributed by atoms with Crippen LogP contribution in [0.5, 0.6) is 5.88 Å². The lowest BCUT2D eigenvalue weighted by atomic mass is 10.2. The molecule has 0 fully saturated rings. The zero-order valence-corrected chi connectivity index (χ0v) is 11.9. The summed E-state index contributed by atoms with van der Waals surface area (Å²) in [4.78, 5) is 7.04. The standard InChI is InChI=1S/C16H12N6O/c17-16(22-9-18-12-7-3-4-8-13(12)22)21-20-14-10-5-1-2-6-11(10)19-15(14)23/h1-9,17,19,23H. The minimum Gasteiger partial charge on any atom is -0.493 e. The average molecular weight is 304 g/mol. The normalized spacial score (nSPS) is 11.7. The van der Waals surface area contributed by atoms with E-state index in [2.05, 4.69) is 20.2 Å². The number of nitrogens with one attached hydrogen (secondary N) is 2. The maximum absolute atomic E-state index is 9.95. The second kappa shape index (κ2) is 5.06. The van der Waals surface area contributed by atoms with Crippen LogP contribution in [0.1, 0.15) is 0 Å². The number of azo groups is 1. The number of aromatic amines is 1. The Bertz CT molecular complexity index is 1060. The Kier molecular flexibility index (Phi) is 2.90. The summed E-state index contributed by atoms with van der Waals surface area (Å²) in [6.07, 6.45) is 1.53. The predicted octanol–water partition coefficient (Wildman–Crippen LogP) is 3.79. The van der Waals surface area contributed by atoms with Crippen molar-refractivity contribution in [2.45, 2.75) is 0 Å². The molecule has 0 aliphatic rings. The number of aromatic nitrogens is 3. The first-order chi connectivity index (χ1) is 11.2. The minimum atomic E-state index is -0.0802. The van der Waals surface area contributed by atoms with Gasteiger partial charge in [-0.3, -0.25) is 9.98 Å². The number of nitrogens with zero attached hydrogens (tertiary/aromatic N) is 4. The molecule has 0 aliphatic heterocycles. The van der Waals surface area contributed by atoms with Gasteiger partial charge in [0.25, 0.3) is 0 Å². The largest absolute Gasteiger partial charge is 0.493 e. The van der Waals surface area contributed by atoms with Gasteiger partial charge in [-0.25, -0.2) is 4.98 Å². The van der Waals surface area contributed by atoms with Crippen molar-refractivity contribution in [1.29, 1.82) is 5.41 Å². The van der Waals surface area contributed by atoms with Crippen molar-refractivity contribution in [2.75, 3.05) is 0 Å². The van der Waals surface area contributed by atoms with E-state index in [0.29, 0.717) is 5.69 Å². The Balaban J connectivity index is 1.73. The highest BCUT2D eigenvalue weighted by molar-refractivity contribution is 5.95. The van der Waals surface area contributed by atoms with Crippen molar-refractivity contribution >= 4 is 33.6 Å². The van der Waals surface area contributed by atoms with Gasteiger partial charge in [0.05, 0.1) is 16.6 Å². The van der Waals surface area contributed by atoms with Crippen molar-refractivity contribution in [3.63, 3.8) is 0 Å². The lowest BCUT2D eigenvalue weighted by molar-refractivity contribution is 0.459. The molecule has 2 heterocycles. The second-order valence-corrected chi connectivity index (χ2v) is 4.99. The molecule has 0 radical (unpaired) electrons. The topological polar surface area (TPSA) is 102 Å². The van der Waals surface area contributed by atoms with E-state index in [0.717, 1.165) is 21.9 Å². The van der Waals surface area contributed by atoms with Gasteiger partial charge in [0, 0.05) is 5.39 Å². The van der Waals surface area contributed by atoms with Crippen LogP contribution in [0.2, 0.25) is 0 Å². The predicted molar refractivity (Wildman–Crippen MR) is 87.3 cm³/mol. The van der Waals surface area contributed by atoms with Gasteiger partial charge in [-0.2, -0.15) is 0 Å².